The summed E-state index contributed by atoms with van der Waals surface area (Å²) in [5.74, 6) is 0.334. The molecule has 0 N–H and O–H groups in total. The lowest BCUT2D eigenvalue weighted by Crippen LogP contribution is -2.38. The van der Waals surface area contributed by atoms with Gasteiger partial charge in [0, 0.05) is 20.3 Å². The second kappa shape index (κ2) is 9.38. The Labute approximate surface area is 208 Å². The highest BCUT2D eigenvalue weighted by Gasteiger charge is 2.24. The number of hydrogen-bond donors (Lipinski definition) is 0. The molecule has 0 unspecified atom stereocenters. The van der Waals surface area contributed by atoms with Gasteiger partial charge < -0.3 is 9.30 Å². The Morgan fingerprint density at radius 1 is 1.08 bits per heavy atom. The molecule has 4 aromatic heterocycles. The van der Waals surface area contributed by atoms with Gasteiger partial charge in [-0.15, -0.1) is 0 Å². The maximum absolute atomic E-state index is 13.7. The zero-order valence-electron chi connectivity index (χ0n) is 19.9. The van der Waals surface area contributed by atoms with E-state index in [9.17, 15) is 14.4 Å². The summed E-state index contributed by atoms with van der Waals surface area (Å²) in [5.41, 5.74) is 0.748. The van der Waals surface area contributed by atoms with Crippen LogP contribution in [0.15, 0.2) is 58.5 Å². The smallest absolute Gasteiger partial charge is 0.332 e. The van der Waals surface area contributed by atoms with E-state index < -0.39 is 11.2 Å². The number of fused-ring (bicyclic) bond motifs is 2. The number of hydrogen-bond acceptors (Lipinski definition) is 8. The molecule has 0 spiro atoms. The number of carbonyl (C=O) groups excluding carboxylic acids is 1. The van der Waals surface area contributed by atoms with Gasteiger partial charge in [0.25, 0.3) is 5.56 Å². The van der Waals surface area contributed by atoms with Gasteiger partial charge in [0.15, 0.2) is 16.3 Å². The molecule has 0 bridgehead atoms. The van der Waals surface area contributed by atoms with Crippen LogP contribution in [0.3, 0.4) is 0 Å². The first-order chi connectivity index (χ1) is 17.4. The van der Waals surface area contributed by atoms with Crippen LogP contribution in [0.4, 0.5) is 5.13 Å². The average molecular weight is 506 g/mol. The summed E-state index contributed by atoms with van der Waals surface area (Å²) in [5, 5.41) is 0.484. The fourth-order valence-corrected chi connectivity index (χ4v) is 4.96. The SMILES string of the molecule is CCOc1cccc2sc(N(Cc3ccccn3)C(=O)Cn3cnc4c3c(=O)n(C)c(=O)n4C)nc12. The van der Waals surface area contributed by atoms with Crippen LogP contribution in [-0.4, -0.2) is 41.2 Å². The number of rotatable bonds is 7. The van der Waals surface area contributed by atoms with Gasteiger partial charge in [-0.05, 0) is 31.2 Å². The zero-order chi connectivity index (χ0) is 25.4. The largest absolute Gasteiger partial charge is 0.492 e. The van der Waals surface area contributed by atoms with Crippen LogP contribution >= 0.6 is 11.3 Å². The Kier molecular flexibility index (Phi) is 6.10. The molecule has 0 aliphatic rings. The average Bonchev–Trinajstić information content (AvgIpc) is 3.50. The molecule has 5 rings (SSSR count). The van der Waals surface area contributed by atoms with Crippen LogP contribution in [0.2, 0.25) is 0 Å². The third-order valence-electron chi connectivity index (χ3n) is 5.77. The van der Waals surface area contributed by atoms with Crippen molar-refractivity contribution in [3.05, 3.63) is 75.5 Å². The molecule has 0 aliphatic heterocycles. The first kappa shape index (κ1) is 23.4. The fraction of sp³-hybridized carbons (Fsp3) is 0.250. The van der Waals surface area contributed by atoms with E-state index in [1.807, 2.05) is 37.3 Å². The summed E-state index contributed by atoms with van der Waals surface area (Å²) in [4.78, 5) is 53.7. The zero-order valence-corrected chi connectivity index (χ0v) is 20.7. The second-order valence-electron chi connectivity index (χ2n) is 8.08. The van der Waals surface area contributed by atoms with Crippen molar-refractivity contribution in [3.63, 3.8) is 0 Å². The molecule has 0 aliphatic carbocycles. The van der Waals surface area contributed by atoms with Gasteiger partial charge in [0.05, 0.1) is 29.9 Å². The standard InChI is InChI=1S/C24H23N7O4S/c1-4-35-16-9-7-10-17-19(16)27-23(36-17)31(12-15-8-5-6-11-25-15)18(32)13-30-14-26-21-20(30)22(33)29(3)24(34)28(21)2/h5-11,14H,4,12-13H2,1-3H3. The number of imidazole rings is 1. The molecule has 1 aromatic carbocycles. The number of pyridine rings is 1. The molecule has 0 saturated carbocycles. The van der Waals surface area contributed by atoms with Crippen LogP contribution in [0.5, 0.6) is 5.75 Å². The van der Waals surface area contributed by atoms with Crippen LogP contribution < -0.4 is 20.9 Å². The number of aromatic nitrogens is 6. The molecule has 11 nitrogen and oxygen atoms in total. The minimum absolute atomic E-state index is 0.175. The van der Waals surface area contributed by atoms with E-state index in [1.165, 1.54) is 40.9 Å². The van der Waals surface area contributed by atoms with Crippen molar-refractivity contribution in [3.8, 4) is 5.75 Å². The summed E-state index contributed by atoms with van der Waals surface area (Å²) in [6.45, 7) is 2.41. The van der Waals surface area contributed by atoms with Crippen LogP contribution in [0.1, 0.15) is 12.6 Å². The lowest BCUT2D eigenvalue weighted by Gasteiger charge is -2.20. The molecule has 0 radical (unpaired) electrons. The Bertz CT molecular complexity index is 1700. The molecule has 5 aromatic rings. The van der Waals surface area contributed by atoms with Crippen molar-refractivity contribution in [1.82, 2.24) is 28.7 Å². The van der Waals surface area contributed by atoms with Crippen molar-refractivity contribution >= 4 is 43.8 Å². The van der Waals surface area contributed by atoms with Gasteiger partial charge in [-0.3, -0.25) is 28.6 Å². The number of amides is 1. The van der Waals surface area contributed by atoms with Crippen molar-refractivity contribution in [1.29, 1.82) is 0 Å². The fourth-order valence-electron chi connectivity index (χ4n) is 3.96. The number of ether oxygens (including phenoxy) is 1. The number of nitrogens with zero attached hydrogens (tertiary/aromatic N) is 7. The van der Waals surface area contributed by atoms with Crippen LogP contribution in [0, 0.1) is 0 Å². The minimum Gasteiger partial charge on any atom is -0.492 e. The summed E-state index contributed by atoms with van der Waals surface area (Å²) in [6, 6.07) is 11.1. The molecule has 1 amide bonds. The van der Waals surface area contributed by atoms with Gasteiger partial charge in [0.2, 0.25) is 5.91 Å². The van der Waals surface area contributed by atoms with Gasteiger partial charge in [-0.2, -0.15) is 0 Å². The first-order valence-electron chi connectivity index (χ1n) is 11.2. The van der Waals surface area contributed by atoms with E-state index in [4.69, 9.17) is 9.72 Å². The molecule has 0 atom stereocenters. The van der Waals surface area contributed by atoms with Gasteiger partial charge in [-0.1, -0.05) is 23.5 Å². The molecule has 0 fully saturated rings. The maximum Gasteiger partial charge on any atom is 0.332 e. The quantitative estimate of drug-likeness (QED) is 0.332. The monoisotopic (exact) mass is 505 g/mol. The maximum atomic E-state index is 13.7. The second-order valence-corrected chi connectivity index (χ2v) is 9.09. The van der Waals surface area contributed by atoms with Crippen molar-refractivity contribution in [2.24, 2.45) is 14.1 Å². The normalized spacial score (nSPS) is 11.3. The highest BCUT2D eigenvalue weighted by Crippen LogP contribution is 2.35. The number of para-hydroxylation sites is 1. The molecular formula is C24H23N7O4S. The lowest BCUT2D eigenvalue weighted by atomic mass is 10.3. The van der Waals surface area contributed by atoms with Gasteiger partial charge >= 0.3 is 5.69 Å². The minimum atomic E-state index is -0.518. The van der Waals surface area contributed by atoms with Crippen molar-refractivity contribution in [2.45, 2.75) is 20.0 Å². The van der Waals surface area contributed by atoms with Crippen LogP contribution in [-0.2, 0) is 32.0 Å². The number of anilines is 1. The van der Waals surface area contributed by atoms with Gasteiger partial charge in [0.1, 0.15) is 17.8 Å². The number of thiazole rings is 1. The Balaban J connectivity index is 1.57. The van der Waals surface area contributed by atoms with E-state index in [0.29, 0.717) is 28.7 Å². The number of aryl methyl sites for hydroxylation is 1. The molecule has 184 valence electrons. The predicted molar refractivity (Wildman–Crippen MR) is 136 cm³/mol. The number of benzene rings is 1. The third-order valence-corrected chi connectivity index (χ3v) is 6.82. The molecule has 4 heterocycles. The summed E-state index contributed by atoms with van der Waals surface area (Å²) in [7, 11) is 2.93. The Morgan fingerprint density at radius 3 is 2.67 bits per heavy atom. The molecule has 36 heavy (non-hydrogen) atoms. The van der Waals surface area contributed by atoms with Crippen LogP contribution in [0.25, 0.3) is 21.4 Å². The Hall–Kier alpha value is -4.32. The predicted octanol–water partition coefficient (Wildman–Crippen LogP) is 2.07. The van der Waals surface area contributed by atoms with E-state index in [-0.39, 0.29) is 30.2 Å². The summed E-state index contributed by atoms with van der Waals surface area (Å²) >= 11 is 1.37. The topological polar surface area (TPSA) is 117 Å². The molecular weight excluding hydrogens is 482 g/mol. The van der Waals surface area contributed by atoms with Crippen molar-refractivity contribution in [2.75, 3.05) is 11.5 Å². The highest BCUT2D eigenvalue weighted by atomic mass is 32.1. The number of carbonyl (C=O) groups is 1. The first-order valence-corrected chi connectivity index (χ1v) is 12.0. The van der Waals surface area contributed by atoms with Gasteiger partial charge in [-0.25, -0.2) is 14.8 Å². The Morgan fingerprint density at radius 2 is 1.92 bits per heavy atom. The van der Waals surface area contributed by atoms with E-state index >= 15 is 0 Å². The lowest BCUT2D eigenvalue weighted by molar-refractivity contribution is -0.119. The van der Waals surface area contributed by atoms with E-state index in [0.717, 1.165) is 9.27 Å². The van der Waals surface area contributed by atoms with Crippen molar-refractivity contribution < 1.29 is 9.53 Å². The molecule has 0 saturated heterocycles. The summed E-state index contributed by atoms with van der Waals surface area (Å²) < 4.78 is 10.3. The highest BCUT2D eigenvalue weighted by molar-refractivity contribution is 7.22. The van der Waals surface area contributed by atoms with E-state index in [2.05, 4.69) is 9.97 Å². The molecule has 12 heteroatoms. The summed E-state index contributed by atoms with van der Waals surface area (Å²) in [6.07, 6.45) is 3.06. The van der Waals surface area contributed by atoms with E-state index in [1.54, 1.807) is 17.2 Å². The third kappa shape index (κ3) is 4.05.